The quantitative estimate of drug-likeness (QED) is 0.668. The second-order valence-electron chi connectivity index (χ2n) is 3.90. The molecule has 19 heavy (non-hydrogen) atoms. The molecule has 1 aromatic carbocycles. The van der Waals surface area contributed by atoms with E-state index >= 15 is 0 Å². The van der Waals surface area contributed by atoms with Crippen LogP contribution in [0.5, 0.6) is 0 Å². The number of nitrogens with zero attached hydrogens (tertiary/aromatic N) is 1. The van der Waals surface area contributed by atoms with E-state index in [1.54, 1.807) is 12.1 Å². The number of furan rings is 1. The molecular weight excluding hydrogens is 266 g/mol. The van der Waals surface area contributed by atoms with Crippen molar-refractivity contribution >= 4 is 23.8 Å². The lowest BCUT2D eigenvalue weighted by Crippen LogP contribution is -2.24. The highest BCUT2D eigenvalue weighted by atomic mass is 35.5. The van der Waals surface area contributed by atoms with Crippen molar-refractivity contribution in [3.05, 3.63) is 46.7 Å². The maximum Gasteiger partial charge on any atom is 0.332 e. The lowest BCUT2D eigenvalue weighted by atomic mass is 10.1. The SMILES string of the molecule is Cc1ccc(-c2ccc(/C=N/NC(N)=O)o2)cc1Cl. The van der Waals surface area contributed by atoms with Gasteiger partial charge in [-0.2, -0.15) is 5.10 Å². The van der Waals surface area contributed by atoms with E-state index in [4.69, 9.17) is 21.8 Å². The summed E-state index contributed by atoms with van der Waals surface area (Å²) in [5.74, 6) is 1.17. The van der Waals surface area contributed by atoms with Gasteiger partial charge in [0.25, 0.3) is 0 Å². The van der Waals surface area contributed by atoms with Crippen LogP contribution in [0.2, 0.25) is 5.02 Å². The molecule has 2 amide bonds. The zero-order chi connectivity index (χ0) is 13.8. The molecule has 0 bridgehead atoms. The highest BCUT2D eigenvalue weighted by Gasteiger charge is 2.05. The van der Waals surface area contributed by atoms with Gasteiger partial charge in [0, 0.05) is 10.6 Å². The number of hydrogen-bond acceptors (Lipinski definition) is 3. The topological polar surface area (TPSA) is 80.6 Å². The third-order valence-electron chi connectivity index (χ3n) is 2.45. The van der Waals surface area contributed by atoms with Crippen LogP contribution in [0.4, 0.5) is 4.79 Å². The molecule has 0 fully saturated rings. The molecule has 0 aliphatic carbocycles. The number of halogens is 1. The largest absolute Gasteiger partial charge is 0.455 e. The lowest BCUT2D eigenvalue weighted by molar-refractivity contribution is 0.249. The van der Waals surface area contributed by atoms with Crippen LogP contribution in [-0.2, 0) is 0 Å². The van der Waals surface area contributed by atoms with Gasteiger partial charge in [0.15, 0.2) is 0 Å². The second kappa shape index (κ2) is 5.58. The molecule has 0 spiro atoms. The zero-order valence-corrected chi connectivity index (χ0v) is 10.9. The van der Waals surface area contributed by atoms with E-state index in [-0.39, 0.29) is 0 Å². The predicted octanol–water partition coefficient (Wildman–Crippen LogP) is 2.91. The van der Waals surface area contributed by atoms with Crippen molar-refractivity contribution in [2.45, 2.75) is 6.92 Å². The third kappa shape index (κ3) is 3.35. The van der Waals surface area contributed by atoms with E-state index in [0.717, 1.165) is 11.1 Å². The summed E-state index contributed by atoms with van der Waals surface area (Å²) in [5, 5.41) is 4.29. The van der Waals surface area contributed by atoms with Gasteiger partial charge in [-0.25, -0.2) is 10.2 Å². The summed E-state index contributed by atoms with van der Waals surface area (Å²) in [4.78, 5) is 10.4. The maximum atomic E-state index is 10.4. The highest BCUT2D eigenvalue weighted by Crippen LogP contribution is 2.26. The number of carbonyl (C=O) groups is 1. The maximum absolute atomic E-state index is 10.4. The molecule has 0 atom stereocenters. The van der Waals surface area contributed by atoms with Crippen molar-refractivity contribution in [3.8, 4) is 11.3 Å². The van der Waals surface area contributed by atoms with Gasteiger partial charge in [-0.15, -0.1) is 0 Å². The molecule has 0 saturated carbocycles. The molecule has 98 valence electrons. The van der Waals surface area contributed by atoms with Crippen molar-refractivity contribution in [2.24, 2.45) is 10.8 Å². The van der Waals surface area contributed by atoms with Gasteiger partial charge in [-0.1, -0.05) is 23.7 Å². The molecule has 1 heterocycles. The number of aryl methyl sites for hydroxylation is 1. The Morgan fingerprint density at radius 3 is 2.89 bits per heavy atom. The normalized spacial score (nSPS) is 10.8. The number of rotatable bonds is 3. The Balaban J connectivity index is 2.18. The van der Waals surface area contributed by atoms with Crippen molar-refractivity contribution in [2.75, 3.05) is 0 Å². The van der Waals surface area contributed by atoms with Crippen LogP contribution < -0.4 is 11.2 Å². The molecule has 0 saturated heterocycles. The van der Waals surface area contributed by atoms with Crippen LogP contribution in [0.1, 0.15) is 11.3 Å². The number of urea groups is 1. The number of nitrogens with two attached hydrogens (primary N) is 1. The summed E-state index contributed by atoms with van der Waals surface area (Å²) < 4.78 is 5.55. The van der Waals surface area contributed by atoms with Crippen molar-refractivity contribution < 1.29 is 9.21 Å². The predicted molar refractivity (Wildman–Crippen MR) is 74.2 cm³/mol. The number of nitrogens with one attached hydrogen (secondary N) is 1. The van der Waals surface area contributed by atoms with Gasteiger partial charge in [-0.05, 0) is 30.7 Å². The summed E-state index contributed by atoms with van der Waals surface area (Å²) in [7, 11) is 0. The summed E-state index contributed by atoms with van der Waals surface area (Å²) in [6.45, 7) is 1.93. The molecule has 2 rings (SSSR count). The Bertz CT molecular complexity index is 635. The summed E-state index contributed by atoms with van der Waals surface area (Å²) in [5.41, 5.74) is 8.84. The highest BCUT2D eigenvalue weighted by molar-refractivity contribution is 6.31. The minimum atomic E-state index is -0.728. The van der Waals surface area contributed by atoms with Gasteiger partial charge < -0.3 is 10.2 Å². The minimum absolute atomic E-state index is 0.500. The van der Waals surface area contributed by atoms with E-state index in [1.165, 1.54) is 6.21 Å². The van der Waals surface area contributed by atoms with Crippen LogP contribution in [-0.4, -0.2) is 12.2 Å². The smallest absolute Gasteiger partial charge is 0.332 e. The molecular formula is C13H12ClN3O2. The Morgan fingerprint density at radius 1 is 1.42 bits per heavy atom. The molecule has 5 nitrogen and oxygen atoms in total. The van der Waals surface area contributed by atoms with Gasteiger partial charge in [-0.3, -0.25) is 0 Å². The van der Waals surface area contributed by atoms with Crippen LogP contribution in [0, 0.1) is 6.92 Å². The van der Waals surface area contributed by atoms with E-state index in [1.807, 2.05) is 25.1 Å². The molecule has 0 unspecified atom stereocenters. The van der Waals surface area contributed by atoms with Crippen molar-refractivity contribution in [1.82, 2.24) is 5.43 Å². The van der Waals surface area contributed by atoms with Crippen molar-refractivity contribution in [3.63, 3.8) is 0 Å². The average molecular weight is 278 g/mol. The number of primary amides is 1. The first-order chi connectivity index (χ1) is 9.06. The van der Waals surface area contributed by atoms with Crippen LogP contribution in [0.15, 0.2) is 39.9 Å². The molecule has 3 N–H and O–H groups in total. The molecule has 0 aliphatic heterocycles. The monoisotopic (exact) mass is 277 g/mol. The Hall–Kier alpha value is -2.27. The molecule has 6 heteroatoms. The fraction of sp³-hybridized carbons (Fsp3) is 0.0769. The first kappa shape index (κ1) is 13.2. The van der Waals surface area contributed by atoms with Gasteiger partial charge in [0.1, 0.15) is 11.5 Å². The standard InChI is InChI=1S/C13H12ClN3O2/c1-8-2-3-9(6-11(8)14)12-5-4-10(19-12)7-16-17-13(15)18/h2-7H,1H3,(H3,15,17,18)/b16-7+. The summed E-state index contributed by atoms with van der Waals surface area (Å²) >= 11 is 6.06. The first-order valence-electron chi connectivity index (χ1n) is 5.51. The average Bonchev–Trinajstić information content (AvgIpc) is 2.81. The van der Waals surface area contributed by atoms with E-state index in [2.05, 4.69) is 10.5 Å². The van der Waals surface area contributed by atoms with Crippen LogP contribution >= 0.6 is 11.6 Å². The number of hydrazone groups is 1. The van der Waals surface area contributed by atoms with Crippen molar-refractivity contribution in [1.29, 1.82) is 0 Å². The Morgan fingerprint density at radius 2 is 2.21 bits per heavy atom. The molecule has 1 aromatic heterocycles. The van der Waals surface area contributed by atoms with E-state index in [9.17, 15) is 4.79 Å². The van der Waals surface area contributed by atoms with E-state index < -0.39 is 6.03 Å². The number of amides is 2. The Kier molecular flexibility index (Phi) is 3.87. The fourth-order valence-electron chi connectivity index (χ4n) is 1.48. The molecule has 0 aliphatic rings. The van der Waals surface area contributed by atoms with Gasteiger partial charge in [0.05, 0.1) is 6.21 Å². The van der Waals surface area contributed by atoms with Gasteiger partial charge in [0.2, 0.25) is 0 Å². The number of carbonyl (C=O) groups excluding carboxylic acids is 1. The molecule has 2 aromatic rings. The first-order valence-corrected chi connectivity index (χ1v) is 5.89. The minimum Gasteiger partial charge on any atom is -0.455 e. The summed E-state index contributed by atoms with van der Waals surface area (Å²) in [6.07, 6.45) is 1.37. The van der Waals surface area contributed by atoms with Crippen LogP contribution in [0.25, 0.3) is 11.3 Å². The third-order valence-corrected chi connectivity index (χ3v) is 2.86. The van der Waals surface area contributed by atoms with Crippen LogP contribution in [0.3, 0.4) is 0 Å². The fourth-order valence-corrected chi connectivity index (χ4v) is 1.66. The number of benzene rings is 1. The zero-order valence-electron chi connectivity index (χ0n) is 10.2. The number of hydrogen-bond donors (Lipinski definition) is 2. The van der Waals surface area contributed by atoms with E-state index in [0.29, 0.717) is 16.5 Å². The second-order valence-corrected chi connectivity index (χ2v) is 4.31. The summed E-state index contributed by atoms with van der Waals surface area (Å²) in [6, 6.07) is 8.47. The Labute approximate surface area is 115 Å². The lowest BCUT2D eigenvalue weighted by Gasteiger charge is -2.00. The molecule has 0 radical (unpaired) electrons. The van der Waals surface area contributed by atoms with Gasteiger partial charge >= 0.3 is 6.03 Å².